The lowest BCUT2D eigenvalue weighted by molar-refractivity contribution is -0.147. The van der Waals surface area contributed by atoms with Crippen molar-refractivity contribution in [1.82, 2.24) is 0 Å². The van der Waals surface area contributed by atoms with Crippen molar-refractivity contribution in [2.45, 2.75) is 12.3 Å². The number of benzene rings is 3. The summed E-state index contributed by atoms with van der Waals surface area (Å²) in [5, 5.41) is 2.55. The molecule has 0 spiro atoms. The molecule has 6 nitrogen and oxygen atoms in total. The summed E-state index contributed by atoms with van der Waals surface area (Å²) in [7, 11) is 0. The Hall–Kier alpha value is -3.93. The molecule has 0 atom stereocenters. The summed E-state index contributed by atoms with van der Waals surface area (Å²) in [6, 6.07) is 25.7. The highest BCUT2D eigenvalue weighted by Gasteiger charge is 2.20. The van der Waals surface area contributed by atoms with Gasteiger partial charge in [-0.3, -0.25) is 14.4 Å². The second-order valence-electron chi connectivity index (χ2n) is 6.70. The van der Waals surface area contributed by atoms with Gasteiger partial charge in [0.2, 0.25) is 0 Å². The number of primary amides is 1. The predicted octanol–water partition coefficient (Wildman–Crippen LogP) is 3.49. The van der Waals surface area contributed by atoms with Gasteiger partial charge in [-0.15, -0.1) is 0 Å². The van der Waals surface area contributed by atoms with Gasteiger partial charge < -0.3 is 15.8 Å². The lowest BCUT2D eigenvalue weighted by Gasteiger charge is -2.17. The Balaban J connectivity index is 1.62. The summed E-state index contributed by atoms with van der Waals surface area (Å²) in [4.78, 5) is 36.1. The van der Waals surface area contributed by atoms with Gasteiger partial charge in [0.1, 0.15) is 0 Å². The first-order valence-electron chi connectivity index (χ1n) is 9.49. The monoisotopic (exact) mass is 402 g/mol. The van der Waals surface area contributed by atoms with Crippen LogP contribution in [0.4, 0.5) is 5.69 Å². The highest BCUT2D eigenvalue weighted by Crippen LogP contribution is 2.28. The summed E-state index contributed by atoms with van der Waals surface area (Å²) in [6.07, 6.45) is 0.0964. The summed E-state index contributed by atoms with van der Waals surface area (Å²) in [5.41, 5.74) is 7.74. The van der Waals surface area contributed by atoms with Gasteiger partial charge in [0, 0.05) is 5.92 Å². The smallest absolute Gasteiger partial charge is 0.307 e. The minimum absolute atomic E-state index is 0.0964. The van der Waals surface area contributed by atoms with Crippen molar-refractivity contribution in [2.75, 3.05) is 11.9 Å². The molecule has 3 rings (SSSR count). The van der Waals surface area contributed by atoms with E-state index in [9.17, 15) is 14.4 Å². The molecule has 2 amide bonds. The fraction of sp³-hybridized carbons (Fsp3) is 0.125. The Bertz CT molecular complexity index is 980. The fourth-order valence-corrected chi connectivity index (χ4v) is 3.16. The highest BCUT2D eigenvalue weighted by atomic mass is 16.5. The molecule has 0 radical (unpaired) electrons. The zero-order valence-electron chi connectivity index (χ0n) is 16.3. The molecule has 0 bridgehead atoms. The molecule has 3 N–H and O–H groups in total. The van der Waals surface area contributed by atoms with E-state index in [0.29, 0.717) is 0 Å². The molecule has 0 saturated carbocycles. The Morgan fingerprint density at radius 3 is 1.90 bits per heavy atom. The van der Waals surface area contributed by atoms with Crippen molar-refractivity contribution < 1.29 is 19.1 Å². The van der Waals surface area contributed by atoms with Crippen molar-refractivity contribution in [1.29, 1.82) is 0 Å². The van der Waals surface area contributed by atoms with Crippen LogP contribution in [0, 0.1) is 0 Å². The van der Waals surface area contributed by atoms with Crippen LogP contribution < -0.4 is 11.1 Å². The van der Waals surface area contributed by atoms with Crippen LogP contribution in [0.25, 0.3) is 0 Å². The number of nitrogens with one attached hydrogen (secondary N) is 1. The topological polar surface area (TPSA) is 98.5 Å². The second kappa shape index (κ2) is 10.0. The van der Waals surface area contributed by atoms with Crippen molar-refractivity contribution >= 4 is 23.5 Å². The number of para-hydroxylation sites is 1. The lowest BCUT2D eigenvalue weighted by atomic mass is 9.89. The van der Waals surface area contributed by atoms with Crippen LogP contribution in [-0.4, -0.2) is 24.4 Å². The van der Waals surface area contributed by atoms with E-state index in [-0.39, 0.29) is 23.6 Å². The molecule has 0 aliphatic carbocycles. The SMILES string of the molecule is NC(=O)c1ccccc1NC(=O)COC(=O)CC(c1ccccc1)c1ccccc1. The van der Waals surface area contributed by atoms with Gasteiger partial charge in [0.05, 0.1) is 17.7 Å². The van der Waals surface area contributed by atoms with E-state index in [1.807, 2.05) is 60.7 Å². The van der Waals surface area contributed by atoms with Crippen LogP contribution in [0.1, 0.15) is 33.8 Å². The Morgan fingerprint density at radius 1 is 0.800 bits per heavy atom. The number of ether oxygens (including phenoxy) is 1. The number of carbonyl (C=O) groups excluding carboxylic acids is 3. The maximum atomic E-state index is 12.5. The zero-order valence-corrected chi connectivity index (χ0v) is 16.3. The molecule has 0 saturated heterocycles. The summed E-state index contributed by atoms with van der Waals surface area (Å²) in [5.74, 6) is -1.88. The molecule has 0 heterocycles. The predicted molar refractivity (Wildman–Crippen MR) is 114 cm³/mol. The molecule has 30 heavy (non-hydrogen) atoms. The maximum absolute atomic E-state index is 12.5. The second-order valence-corrected chi connectivity index (χ2v) is 6.70. The quantitative estimate of drug-likeness (QED) is 0.564. The van der Waals surface area contributed by atoms with Gasteiger partial charge in [0.15, 0.2) is 6.61 Å². The fourth-order valence-electron chi connectivity index (χ4n) is 3.16. The van der Waals surface area contributed by atoms with E-state index in [0.717, 1.165) is 11.1 Å². The molecule has 0 unspecified atom stereocenters. The molecule has 3 aromatic rings. The molecule has 0 aromatic heterocycles. The summed E-state index contributed by atoms with van der Waals surface area (Å²) < 4.78 is 5.18. The molecular weight excluding hydrogens is 380 g/mol. The van der Waals surface area contributed by atoms with Gasteiger partial charge in [-0.1, -0.05) is 72.8 Å². The minimum atomic E-state index is -0.656. The first-order valence-corrected chi connectivity index (χ1v) is 9.49. The average molecular weight is 402 g/mol. The maximum Gasteiger partial charge on any atom is 0.307 e. The molecule has 6 heteroatoms. The van der Waals surface area contributed by atoms with Gasteiger partial charge in [0.25, 0.3) is 11.8 Å². The third-order valence-electron chi connectivity index (χ3n) is 4.61. The van der Waals surface area contributed by atoms with E-state index >= 15 is 0 Å². The van der Waals surface area contributed by atoms with Crippen LogP contribution in [0.2, 0.25) is 0 Å². The number of nitrogens with two attached hydrogens (primary N) is 1. The van der Waals surface area contributed by atoms with E-state index < -0.39 is 24.4 Å². The largest absolute Gasteiger partial charge is 0.456 e. The average Bonchev–Trinajstić information content (AvgIpc) is 2.77. The van der Waals surface area contributed by atoms with Gasteiger partial charge in [-0.05, 0) is 23.3 Å². The van der Waals surface area contributed by atoms with Crippen molar-refractivity contribution in [2.24, 2.45) is 5.73 Å². The first kappa shape index (κ1) is 20.8. The first-order chi connectivity index (χ1) is 14.5. The number of carbonyl (C=O) groups is 3. The number of anilines is 1. The van der Waals surface area contributed by atoms with E-state index in [4.69, 9.17) is 10.5 Å². The van der Waals surface area contributed by atoms with E-state index in [2.05, 4.69) is 5.32 Å². The van der Waals surface area contributed by atoms with Gasteiger partial charge in [-0.2, -0.15) is 0 Å². The summed E-state index contributed by atoms with van der Waals surface area (Å²) in [6.45, 7) is -0.456. The van der Waals surface area contributed by atoms with Gasteiger partial charge in [-0.25, -0.2) is 0 Å². The van der Waals surface area contributed by atoms with Crippen LogP contribution in [0.3, 0.4) is 0 Å². The van der Waals surface area contributed by atoms with Crippen LogP contribution in [0.5, 0.6) is 0 Å². The standard InChI is InChI=1S/C24H22N2O4/c25-24(29)19-13-7-8-14-21(19)26-22(27)16-30-23(28)15-20(17-9-3-1-4-10-17)18-11-5-2-6-12-18/h1-14,20H,15-16H2,(H2,25,29)(H,26,27). The minimum Gasteiger partial charge on any atom is -0.456 e. The molecule has 0 aliphatic rings. The van der Waals surface area contributed by atoms with Gasteiger partial charge >= 0.3 is 5.97 Å². The number of esters is 1. The number of rotatable bonds is 8. The molecular formula is C24H22N2O4. The number of hydrogen-bond acceptors (Lipinski definition) is 4. The lowest BCUT2D eigenvalue weighted by Crippen LogP contribution is -2.23. The molecule has 152 valence electrons. The Kier molecular flexibility index (Phi) is 6.95. The van der Waals surface area contributed by atoms with Crippen LogP contribution in [-0.2, 0) is 14.3 Å². The highest BCUT2D eigenvalue weighted by molar-refractivity contribution is 6.03. The number of hydrogen-bond donors (Lipinski definition) is 2. The van der Waals surface area contributed by atoms with Crippen molar-refractivity contribution in [3.63, 3.8) is 0 Å². The Labute approximate surface area is 174 Å². The van der Waals surface area contributed by atoms with E-state index in [1.165, 1.54) is 6.07 Å². The van der Waals surface area contributed by atoms with Crippen molar-refractivity contribution in [3.05, 3.63) is 102 Å². The van der Waals surface area contributed by atoms with Crippen LogP contribution in [0.15, 0.2) is 84.9 Å². The molecule has 0 aliphatic heterocycles. The third-order valence-corrected chi connectivity index (χ3v) is 4.61. The van der Waals surface area contributed by atoms with Crippen LogP contribution >= 0.6 is 0 Å². The summed E-state index contributed by atoms with van der Waals surface area (Å²) >= 11 is 0. The normalized spacial score (nSPS) is 10.4. The van der Waals surface area contributed by atoms with E-state index in [1.54, 1.807) is 18.2 Å². The van der Waals surface area contributed by atoms with Crippen molar-refractivity contribution in [3.8, 4) is 0 Å². The Morgan fingerprint density at radius 2 is 1.33 bits per heavy atom. The third kappa shape index (κ3) is 5.54. The number of amides is 2. The molecule has 0 fully saturated rings. The molecule has 3 aromatic carbocycles. The zero-order chi connectivity index (χ0) is 21.3.